The average molecular weight is 258 g/mol. The van der Waals surface area contributed by atoms with Crippen molar-refractivity contribution in [2.24, 2.45) is 7.05 Å². The average Bonchev–Trinajstić information content (AvgIpc) is 2.83. The Kier molecular flexibility index (Phi) is 2.34. The Bertz CT molecular complexity index is 382. The third-order valence-corrected chi connectivity index (χ3v) is 3.23. The number of carbonyl (C=O) groups is 1. The number of nitrogens with zero attached hydrogens (tertiary/aromatic N) is 2. The molecule has 0 aromatic carbocycles. The molecular formula is C9H12BrN3O. The first kappa shape index (κ1) is 9.71. The van der Waals surface area contributed by atoms with Gasteiger partial charge in [0.1, 0.15) is 5.69 Å². The molecule has 76 valence electrons. The number of halogens is 1. The van der Waals surface area contributed by atoms with Gasteiger partial charge in [0.05, 0.1) is 10.2 Å². The van der Waals surface area contributed by atoms with E-state index in [9.17, 15) is 4.79 Å². The third-order valence-electron chi connectivity index (χ3n) is 2.28. The van der Waals surface area contributed by atoms with Crippen LogP contribution < -0.4 is 5.32 Å². The molecule has 0 spiro atoms. The first-order valence-corrected chi connectivity index (χ1v) is 5.39. The van der Waals surface area contributed by atoms with Gasteiger partial charge in [0.25, 0.3) is 5.91 Å². The maximum atomic E-state index is 11.7. The first-order valence-electron chi connectivity index (χ1n) is 4.59. The van der Waals surface area contributed by atoms with Crippen LogP contribution in [0.4, 0.5) is 0 Å². The quantitative estimate of drug-likeness (QED) is 0.871. The highest BCUT2D eigenvalue weighted by Crippen LogP contribution is 2.23. The Morgan fingerprint density at radius 3 is 2.71 bits per heavy atom. The van der Waals surface area contributed by atoms with E-state index in [4.69, 9.17) is 0 Å². The summed E-state index contributed by atoms with van der Waals surface area (Å²) in [5, 5.41) is 7.10. The predicted octanol–water partition coefficient (Wildman–Crippen LogP) is 1.38. The van der Waals surface area contributed by atoms with Crippen molar-refractivity contribution in [3.8, 4) is 0 Å². The fourth-order valence-corrected chi connectivity index (χ4v) is 1.88. The van der Waals surface area contributed by atoms with Crippen molar-refractivity contribution in [2.75, 3.05) is 0 Å². The molecule has 0 unspecified atom stereocenters. The molecule has 2 rings (SSSR count). The van der Waals surface area contributed by atoms with Crippen LogP contribution in [0.5, 0.6) is 0 Å². The van der Waals surface area contributed by atoms with Gasteiger partial charge in [-0.2, -0.15) is 5.10 Å². The lowest BCUT2D eigenvalue weighted by Gasteiger charge is -2.03. The van der Waals surface area contributed by atoms with E-state index in [0.717, 1.165) is 23.0 Å². The maximum Gasteiger partial charge on any atom is 0.270 e. The zero-order valence-corrected chi connectivity index (χ0v) is 9.76. The van der Waals surface area contributed by atoms with Crippen molar-refractivity contribution >= 4 is 21.8 Å². The molecule has 0 atom stereocenters. The highest BCUT2D eigenvalue weighted by molar-refractivity contribution is 9.10. The minimum absolute atomic E-state index is 0.0394. The molecule has 1 fully saturated rings. The number of hydrogen-bond acceptors (Lipinski definition) is 2. The second-order valence-electron chi connectivity index (χ2n) is 3.62. The molecule has 1 aliphatic carbocycles. The number of carbonyl (C=O) groups excluding carboxylic acids is 1. The number of hydrogen-bond donors (Lipinski definition) is 1. The van der Waals surface area contributed by atoms with Crippen LogP contribution in [0.1, 0.15) is 29.0 Å². The van der Waals surface area contributed by atoms with E-state index in [1.54, 1.807) is 11.7 Å². The summed E-state index contributed by atoms with van der Waals surface area (Å²) in [6, 6.07) is 0.379. The van der Waals surface area contributed by atoms with Crippen LogP contribution >= 0.6 is 15.9 Å². The molecule has 0 aliphatic heterocycles. The van der Waals surface area contributed by atoms with Gasteiger partial charge in [-0.25, -0.2) is 0 Å². The largest absolute Gasteiger partial charge is 0.348 e. The summed E-state index contributed by atoms with van der Waals surface area (Å²) in [5.74, 6) is -0.0394. The summed E-state index contributed by atoms with van der Waals surface area (Å²) >= 11 is 3.37. The molecule has 1 saturated carbocycles. The van der Waals surface area contributed by atoms with Crippen LogP contribution in [0, 0.1) is 6.92 Å². The molecule has 1 N–H and O–H groups in total. The van der Waals surface area contributed by atoms with Gasteiger partial charge in [-0.1, -0.05) is 0 Å². The Morgan fingerprint density at radius 2 is 2.29 bits per heavy atom. The smallest absolute Gasteiger partial charge is 0.270 e. The molecule has 4 nitrogen and oxygen atoms in total. The van der Waals surface area contributed by atoms with Gasteiger partial charge in [0.2, 0.25) is 0 Å². The molecule has 5 heteroatoms. The lowest BCUT2D eigenvalue weighted by atomic mass is 10.3. The van der Waals surface area contributed by atoms with Crippen LogP contribution in [-0.2, 0) is 7.05 Å². The number of nitrogens with one attached hydrogen (secondary N) is 1. The number of aryl methyl sites for hydroxylation is 2. The molecule has 0 saturated heterocycles. The molecule has 1 heterocycles. The van der Waals surface area contributed by atoms with E-state index in [1.807, 2.05) is 6.92 Å². The highest BCUT2D eigenvalue weighted by Gasteiger charge is 2.26. The van der Waals surface area contributed by atoms with Gasteiger partial charge in [0.15, 0.2) is 0 Å². The molecule has 1 aliphatic rings. The Morgan fingerprint density at radius 1 is 1.64 bits per heavy atom. The number of aromatic nitrogens is 2. The molecule has 1 amide bonds. The van der Waals surface area contributed by atoms with E-state index in [-0.39, 0.29) is 5.91 Å². The van der Waals surface area contributed by atoms with E-state index in [1.165, 1.54) is 0 Å². The molecule has 14 heavy (non-hydrogen) atoms. The van der Waals surface area contributed by atoms with E-state index >= 15 is 0 Å². The zero-order chi connectivity index (χ0) is 10.3. The fourth-order valence-electron chi connectivity index (χ4n) is 1.36. The van der Waals surface area contributed by atoms with Crippen LogP contribution in [0.2, 0.25) is 0 Å². The highest BCUT2D eigenvalue weighted by atomic mass is 79.9. The van der Waals surface area contributed by atoms with Gasteiger partial charge in [-0.3, -0.25) is 9.48 Å². The van der Waals surface area contributed by atoms with Crippen molar-refractivity contribution in [3.05, 3.63) is 15.9 Å². The van der Waals surface area contributed by atoms with Crippen LogP contribution in [0.15, 0.2) is 4.47 Å². The van der Waals surface area contributed by atoms with Crippen molar-refractivity contribution in [1.29, 1.82) is 0 Å². The first-order chi connectivity index (χ1) is 6.59. The zero-order valence-electron chi connectivity index (χ0n) is 8.17. The van der Waals surface area contributed by atoms with Gasteiger partial charge in [0, 0.05) is 13.1 Å². The van der Waals surface area contributed by atoms with Gasteiger partial charge >= 0.3 is 0 Å². The summed E-state index contributed by atoms with van der Waals surface area (Å²) in [4.78, 5) is 11.7. The maximum absolute atomic E-state index is 11.7. The summed E-state index contributed by atoms with van der Waals surface area (Å²) < 4.78 is 2.40. The van der Waals surface area contributed by atoms with E-state index in [0.29, 0.717) is 11.7 Å². The summed E-state index contributed by atoms with van der Waals surface area (Å²) in [6.07, 6.45) is 2.19. The standard InChI is InChI=1S/C9H12BrN3O/c1-5-7(10)8(13(2)12-5)9(14)11-6-3-4-6/h6H,3-4H2,1-2H3,(H,11,14). The lowest BCUT2D eigenvalue weighted by molar-refractivity contribution is 0.0941. The number of rotatable bonds is 2. The van der Waals surface area contributed by atoms with Gasteiger partial charge in [-0.05, 0) is 35.7 Å². The van der Waals surface area contributed by atoms with Gasteiger partial charge < -0.3 is 5.32 Å². The van der Waals surface area contributed by atoms with E-state index in [2.05, 4.69) is 26.3 Å². The van der Waals surface area contributed by atoms with Crippen LogP contribution in [0.25, 0.3) is 0 Å². The normalized spacial score (nSPS) is 15.6. The van der Waals surface area contributed by atoms with Gasteiger partial charge in [-0.15, -0.1) is 0 Å². The number of amides is 1. The summed E-state index contributed by atoms with van der Waals surface area (Å²) in [5.41, 5.74) is 1.45. The van der Waals surface area contributed by atoms with Crippen LogP contribution in [-0.4, -0.2) is 21.7 Å². The van der Waals surface area contributed by atoms with E-state index < -0.39 is 0 Å². The fraction of sp³-hybridized carbons (Fsp3) is 0.556. The van der Waals surface area contributed by atoms with Crippen molar-refractivity contribution in [1.82, 2.24) is 15.1 Å². The van der Waals surface area contributed by atoms with Crippen LogP contribution in [0.3, 0.4) is 0 Å². The summed E-state index contributed by atoms with van der Waals surface area (Å²) in [7, 11) is 1.78. The summed E-state index contributed by atoms with van der Waals surface area (Å²) in [6.45, 7) is 1.87. The molecule has 1 aromatic rings. The molecule has 1 aromatic heterocycles. The third kappa shape index (κ3) is 1.68. The van der Waals surface area contributed by atoms with Crippen molar-refractivity contribution in [2.45, 2.75) is 25.8 Å². The second-order valence-corrected chi connectivity index (χ2v) is 4.41. The van der Waals surface area contributed by atoms with Crippen molar-refractivity contribution < 1.29 is 4.79 Å². The lowest BCUT2D eigenvalue weighted by Crippen LogP contribution is -2.27. The Labute approximate surface area is 90.8 Å². The molecule has 0 bridgehead atoms. The predicted molar refractivity (Wildman–Crippen MR) is 56.1 cm³/mol. The minimum Gasteiger partial charge on any atom is -0.348 e. The topological polar surface area (TPSA) is 46.9 Å². The molecular weight excluding hydrogens is 246 g/mol. The Balaban J connectivity index is 2.24. The molecule has 0 radical (unpaired) electrons. The SMILES string of the molecule is Cc1nn(C)c(C(=O)NC2CC2)c1Br. The van der Waals surface area contributed by atoms with Crippen molar-refractivity contribution in [3.63, 3.8) is 0 Å². The minimum atomic E-state index is -0.0394. The Hall–Kier alpha value is -0.840. The monoisotopic (exact) mass is 257 g/mol. The second kappa shape index (κ2) is 3.38.